The van der Waals surface area contributed by atoms with Crippen LogP contribution in [0, 0.1) is 5.41 Å². The molecule has 0 radical (unpaired) electrons. The van der Waals surface area contributed by atoms with E-state index in [1.54, 1.807) is 28.9 Å². The number of hydrogen-bond donors (Lipinski definition) is 2. The van der Waals surface area contributed by atoms with E-state index < -0.39 is 0 Å². The number of nitrogens with one attached hydrogen (secondary N) is 2. The predicted molar refractivity (Wildman–Crippen MR) is 137 cm³/mol. The van der Waals surface area contributed by atoms with Crippen molar-refractivity contribution in [2.45, 2.75) is 32.2 Å². The Bertz CT molecular complexity index is 1320. The molecule has 2 aliphatic rings. The average Bonchev–Trinajstić information content (AvgIpc) is 3.29. The summed E-state index contributed by atoms with van der Waals surface area (Å²) >= 11 is 6.54. The van der Waals surface area contributed by atoms with Gasteiger partial charge in [0.2, 0.25) is 5.91 Å². The van der Waals surface area contributed by atoms with Crippen LogP contribution in [0.5, 0.6) is 0 Å². The third-order valence-electron chi connectivity index (χ3n) is 6.76. The predicted octanol–water partition coefficient (Wildman–Crippen LogP) is 3.93. The molecule has 9 heteroatoms. The lowest BCUT2D eigenvalue weighted by molar-refractivity contribution is -0.128. The molecule has 182 valence electrons. The van der Waals surface area contributed by atoms with E-state index in [1.165, 1.54) is 0 Å². The lowest BCUT2D eigenvalue weighted by Gasteiger charge is -2.34. The number of aryl methyl sites for hydroxylation is 1. The van der Waals surface area contributed by atoms with Crippen molar-refractivity contribution >= 4 is 34.0 Å². The Labute approximate surface area is 209 Å². The van der Waals surface area contributed by atoms with Crippen molar-refractivity contribution in [3.63, 3.8) is 0 Å². The largest absolute Gasteiger partial charge is 0.385 e. The summed E-state index contributed by atoms with van der Waals surface area (Å²) in [7, 11) is 1.87. The third-order valence-corrected chi connectivity index (χ3v) is 6.98. The molecule has 0 unspecified atom stereocenters. The zero-order valence-electron chi connectivity index (χ0n) is 20.0. The zero-order chi connectivity index (χ0) is 24.5. The van der Waals surface area contributed by atoms with E-state index in [0.29, 0.717) is 41.8 Å². The minimum Gasteiger partial charge on any atom is -0.385 e. The molecule has 3 aromatic rings. The molecule has 2 N–H and O–H groups in total. The van der Waals surface area contributed by atoms with Gasteiger partial charge in [-0.15, -0.1) is 0 Å². The van der Waals surface area contributed by atoms with E-state index in [1.807, 2.05) is 31.4 Å². The molecule has 1 aromatic carbocycles. The molecule has 35 heavy (non-hydrogen) atoms. The van der Waals surface area contributed by atoms with Crippen LogP contribution in [0.1, 0.15) is 31.7 Å². The number of carbonyl (C=O) groups is 1. The number of benzene rings is 1. The second kappa shape index (κ2) is 9.79. The van der Waals surface area contributed by atoms with E-state index >= 15 is 0 Å². The number of carbonyl (C=O) groups excluding carboxylic acids is 1. The van der Waals surface area contributed by atoms with Gasteiger partial charge in [0.25, 0.3) is 0 Å². The minimum atomic E-state index is 0.0131. The van der Waals surface area contributed by atoms with Crippen LogP contribution in [0.4, 0.5) is 0 Å². The molecular formula is C26H29ClN6O2. The van der Waals surface area contributed by atoms with Crippen molar-refractivity contribution in [2.75, 3.05) is 26.3 Å². The summed E-state index contributed by atoms with van der Waals surface area (Å²) in [6.07, 6.45) is 8.05. The Morgan fingerprint density at radius 3 is 2.74 bits per heavy atom. The Kier molecular flexibility index (Phi) is 6.58. The molecular weight excluding hydrogens is 464 g/mol. The zero-order valence-corrected chi connectivity index (χ0v) is 20.7. The highest BCUT2D eigenvalue weighted by Gasteiger charge is 2.27. The third kappa shape index (κ3) is 4.94. The fraction of sp³-hybridized carbons (Fsp3) is 0.385. The van der Waals surface area contributed by atoms with Crippen molar-refractivity contribution < 1.29 is 9.53 Å². The van der Waals surface area contributed by atoms with E-state index in [4.69, 9.17) is 16.3 Å². The van der Waals surface area contributed by atoms with Crippen molar-refractivity contribution in [1.29, 1.82) is 5.41 Å². The van der Waals surface area contributed by atoms with Crippen molar-refractivity contribution in [1.82, 2.24) is 25.0 Å². The lowest BCUT2D eigenvalue weighted by atomic mass is 9.92. The molecule has 4 heterocycles. The van der Waals surface area contributed by atoms with Crippen LogP contribution in [0.25, 0.3) is 22.0 Å². The van der Waals surface area contributed by atoms with Gasteiger partial charge in [0, 0.05) is 97.9 Å². The maximum atomic E-state index is 12.2. The first-order valence-electron chi connectivity index (χ1n) is 11.9. The smallest absolute Gasteiger partial charge is 0.219 e. The second-order valence-corrected chi connectivity index (χ2v) is 9.64. The standard InChI is InChI=1S/C26H29ClN6O2/c1-16(34)33-6-3-24(31-20-4-7-35-8-5-20)23(15-33)26(28)21-11-19(27)9-17-10-25(29-13-22(17)21)18-12-30-32(2)14-18/h9-14,20,28,31H,3-8,15H2,1-2H3. The van der Waals surface area contributed by atoms with Crippen LogP contribution >= 0.6 is 11.6 Å². The monoisotopic (exact) mass is 492 g/mol. The van der Waals surface area contributed by atoms with Gasteiger partial charge in [-0.3, -0.25) is 19.9 Å². The number of ether oxygens (including phenoxy) is 1. The average molecular weight is 493 g/mol. The second-order valence-electron chi connectivity index (χ2n) is 9.20. The highest BCUT2D eigenvalue weighted by molar-refractivity contribution is 6.32. The molecule has 1 saturated heterocycles. The Hall–Kier alpha value is -3.23. The maximum absolute atomic E-state index is 12.2. The van der Waals surface area contributed by atoms with Crippen LogP contribution in [-0.4, -0.2) is 63.6 Å². The number of nitrogens with zero attached hydrogens (tertiary/aromatic N) is 4. The molecule has 0 atom stereocenters. The van der Waals surface area contributed by atoms with Gasteiger partial charge in [-0.25, -0.2) is 0 Å². The topological polar surface area (TPSA) is 96.1 Å². The number of hydrogen-bond acceptors (Lipinski definition) is 6. The summed E-state index contributed by atoms with van der Waals surface area (Å²) in [4.78, 5) is 18.7. The van der Waals surface area contributed by atoms with Gasteiger partial charge in [0.1, 0.15) is 0 Å². The number of fused-ring (bicyclic) bond motifs is 1. The number of pyridine rings is 1. The maximum Gasteiger partial charge on any atom is 0.219 e. The summed E-state index contributed by atoms with van der Waals surface area (Å²) in [6.45, 7) is 4.10. The van der Waals surface area contributed by atoms with Crippen LogP contribution in [0.2, 0.25) is 5.02 Å². The first kappa shape index (κ1) is 23.5. The number of rotatable bonds is 5. The number of amides is 1. The molecule has 0 aliphatic carbocycles. The molecule has 0 spiro atoms. The molecule has 1 fully saturated rings. The molecule has 0 bridgehead atoms. The van der Waals surface area contributed by atoms with Gasteiger partial charge < -0.3 is 15.0 Å². The van der Waals surface area contributed by atoms with E-state index in [9.17, 15) is 10.2 Å². The van der Waals surface area contributed by atoms with Crippen molar-refractivity contribution in [2.24, 2.45) is 7.05 Å². The van der Waals surface area contributed by atoms with Crippen LogP contribution in [0.15, 0.2) is 48.1 Å². The summed E-state index contributed by atoms with van der Waals surface area (Å²) < 4.78 is 7.25. The van der Waals surface area contributed by atoms with E-state index in [0.717, 1.165) is 59.4 Å². The molecule has 2 aliphatic heterocycles. The Morgan fingerprint density at radius 1 is 1.23 bits per heavy atom. The molecule has 5 rings (SSSR count). The molecule has 8 nitrogen and oxygen atoms in total. The van der Waals surface area contributed by atoms with E-state index in [-0.39, 0.29) is 5.91 Å². The van der Waals surface area contributed by atoms with Gasteiger partial charge in [0.05, 0.1) is 17.6 Å². The molecule has 2 aromatic heterocycles. The SMILES string of the molecule is CC(=O)N1CCC(NC2CCOCC2)=C(C(=N)c2cc(Cl)cc3cc(-c4cnn(C)c4)ncc23)C1. The summed E-state index contributed by atoms with van der Waals surface area (Å²) in [5, 5.41) is 19.5. The normalized spacial score (nSPS) is 17.2. The summed E-state index contributed by atoms with van der Waals surface area (Å²) in [5.74, 6) is 0.0131. The highest BCUT2D eigenvalue weighted by Crippen LogP contribution is 2.30. The molecule has 0 saturated carbocycles. The van der Waals surface area contributed by atoms with Gasteiger partial charge in [-0.2, -0.15) is 5.10 Å². The van der Waals surface area contributed by atoms with Gasteiger partial charge >= 0.3 is 0 Å². The van der Waals surface area contributed by atoms with E-state index in [2.05, 4.69) is 15.4 Å². The van der Waals surface area contributed by atoms with Crippen LogP contribution in [0.3, 0.4) is 0 Å². The highest BCUT2D eigenvalue weighted by atomic mass is 35.5. The first-order chi connectivity index (χ1) is 16.9. The van der Waals surface area contributed by atoms with Crippen molar-refractivity contribution in [3.8, 4) is 11.3 Å². The summed E-state index contributed by atoms with van der Waals surface area (Å²) in [5.41, 5.74) is 4.66. The molecule has 1 amide bonds. The number of aromatic nitrogens is 3. The van der Waals surface area contributed by atoms with Gasteiger partial charge in [0.15, 0.2) is 0 Å². The first-order valence-corrected chi connectivity index (χ1v) is 12.3. The van der Waals surface area contributed by atoms with Gasteiger partial charge in [-0.05, 0) is 36.4 Å². The summed E-state index contributed by atoms with van der Waals surface area (Å²) in [6, 6.07) is 6.01. The van der Waals surface area contributed by atoms with Gasteiger partial charge in [-0.1, -0.05) is 11.6 Å². The Balaban J connectivity index is 1.55. The quantitative estimate of drug-likeness (QED) is 0.526. The number of halogens is 1. The van der Waals surface area contributed by atoms with Crippen LogP contribution < -0.4 is 5.32 Å². The minimum absolute atomic E-state index is 0.0131. The fourth-order valence-corrected chi connectivity index (χ4v) is 5.04. The van der Waals surface area contributed by atoms with Crippen LogP contribution in [-0.2, 0) is 16.6 Å². The fourth-order valence-electron chi connectivity index (χ4n) is 4.81. The van der Waals surface area contributed by atoms with Crippen molar-refractivity contribution in [3.05, 3.63) is 58.6 Å². The Morgan fingerprint density at radius 2 is 2.03 bits per heavy atom. The lowest BCUT2D eigenvalue weighted by Crippen LogP contribution is -2.43.